The van der Waals surface area contributed by atoms with Crippen LogP contribution in [0.2, 0.25) is 0 Å². The standard InChI is InChI=1S/C31H38O6/c1-9-16(4)12-19-10-11-21(33)23-20(19)13-29(7)14-30(8)24(15(2)3)17(5)22(18(6)32)27(35)31(30,37)28(36)25(29)26(23)34/h10-12,15,24,33-34,37H,9,13-14H2,1-8H3/b16-12+/t24-,29+,30+,31-/m1/s1. The number of Topliss-reactive ketones (excluding diaryl/α,β-unsaturated/α-hetero) is 3. The van der Waals surface area contributed by atoms with Crippen molar-refractivity contribution in [3.63, 3.8) is 0 Å². The van der Waals surface area contributed by atoms with Crippen LogP contribution in [-0.4, -0.2) is 38.3 Å². The summed E-state index contributed by atoms with van der Waals surface area (Å²) in [5.74, 6) is -3.32. The fraction of sp³-hybridized carbons (Fsp3) is 0.516. The minimum absolute atomic E-state index is 0.0538. The third-order valence-corrected chi connectivity index (χ3v) is 9.19. The van der Waals surface area contributed by atoms with Gasteiger partial charge in [-0.3, -0.25) is 14.4 Å². The summed E-state index contributed by atoms with van der Waals surface area (Å²) < 4.78 is 0. The van der Waals surface area contributed by atoms with Crippen molar-refractivity contribution in [3.8, 4) is 5.75 Å². The van der Waals surface area contributed by atoms with Gasteiger partial charge in [-0.2, -0.15) is 0 Å². The first kappa shape index (κ1) is 27.1. The minimum Gasteiger partial charge on any atom is -0.507 e. The molecule has 3 N–H and O–H groups in total. The first-order valence-electron chi connectivity index (χ1n) is 13.1. The minimum atomic E-state index is -2.51. The van der Waals surface area contributed by atoms with Crippen LogP contribution >= 0.6 is 0 Å². The number of aliphatic hydroxyl groups is 2. The molecule has 4 rings (SSSR count). The Morgan fingerprint density at radius 1 is 1.14 bits per heavy atom. The third-order valence-electron chi connectivity index (χ3n) is 9.19. The summed E-state index contributed by atoms with van der Waals surface area (Å²) in [5, 5.41) is 34.4. The van der Waals surface area contributed by atoms with Gasteiger partial charge in [-0.25, -0.2) is 0 Å². The Kier molecular flexibility index (Phi) is 6.23. The molecule has 4 atom stereocenters. The number of hydrogen-bond donors (Lipinski definition) is 3. The molecule has 3 aliphatic rings. The Balaban J connectivity index is 2.06. The van der Waals surface area contributed by atoms with Crippen molar-refractivity contribution in [2.75, 3.05) is 0 Å². The van der Waals surface area contributed by atoms with Crippen LogP contribution in [0, 0.1) is 22.7 Å². The van der Waals surface area contributed by atoms with Gasteiger partial charge in [0.15, 0.2) is 11.4 Å². The predicted molar refractivity (Wildman–Crippen MR) is 143 cm³/mol. The number of rotatable bonds is 4. The molecular weight excluding hydrogens is 468 g/mol. The molecule has 0 amide bonds. The molecule has 6 nitrogen and oxygen atoms in total. The van der Waals surface area contributed by atoms with Crippen LogP contribution in [0.5, 0.6) is 5.75 Å². The van der Waals surface area contributed by atoms with Crippen molar-refractivity contribution in [1.82, 2.24) is 0 Å². The molecule has 1 saturated carbocycles. The highest BCUT2D eigenvalue weighted by Gasteiger charge is 2.71. The van der Waals surface area contributed by atoms with Gasteiger partial charge in [-0.1, -0.05) is 57.9 Å². The number of carbonyl (C=O) groups excluding carboxylic acids is 3. The van der Waals surface area contributed by atoms with E-state index in [0.29, 0.717) is 12.0 Å². The van der Waals surface area contributed by atoms with Gasteiger partial charge >= 0.3 is 0 Å². The summed E-state index contributed by atoms with van der Waals surface area (Å²) >= 11 is 0. The van der Waals surface area contributed by atoms with Crippen molar-refractivity contribution in [3.05, 3.63) is 51.1 Å². The van der Waals surface area contributed by atoms with Crippen LogP contribution in [-0.2, 0) is 20.8 Å². The van der Waals surface area contributed by atoms with E-state index in [9.17, 15) is 29.7 Å². The van der Waals surface area contributed by atoms with E-state index in [-0.39, 0.29) is 34.8 Å². The van der Waals surface area contributed by atoms with Gasteiger partial charge in [0.25, 0.3) is 0 Å². The summed E-state index contributed by atoms with van der Waals surface area (Å²) in [6.07, 6.45) is 3.45. The lowest BCUT2D eigenvalue weighted by molar-refractivity contribution is -0.180. The second-order valence-corrected chi connectivity index (χ2v) is 12.1. The van der Waals surface area contributed by atoms with Gasteiger partial charge < -0.3 is 15.3 Å². The van der Waals surface area contributed by atoms with E-state index in [1.807, 2.05) is 46.8 Å². The third kappa shape index (κ3) is 3.44. The maximum atomic E-state index is 14.3. The van der Waals surface area contributed by atoms with E-state index < -0.39 is 45.5 Å². The molecule has 0 unspecified atom stereocenters. The summed E-state index contributed by atoms with van der Waals surface area (Å²) in [4.78, 5) is 40.7. The van der Waals surface area contributed by atoms with E-state index >= 15 is 0 Å². The maximum absolute atomic E-state index is 14.3. The van der Waals surface area contributed by atoms with Crippen LogP contribution < -0.4 is 0 Å². The van der Waals surface area contributed by atoms with Crippen LogP contribution in [0.25, 0.3) is 11.8 Å². The fourth-order valence-electron chi connectivity index (χ4n) is 7.77. The van der Waals surface area contributed by atoms with Crippen LogP contribution in [0.1, 0.15) is 84.9 Å². The zero-order valence-corrected chi connectivity index (χ0v) is 23.1. The van der Waals surface area contributed by atoms with Crippen LogP contribution in [0.15, 0.2) is 34.4 Å². The molecule has 1 aromatic rings. The number of phenolic OH excluding ortho intramolecular Hbond substituents is 1. The highest BCUT2D eigenvalue weighted by molar-refractivity contribution is 6.33. The molecule has 0 saturated heterocycles. The topological polar surface area (TPSA) is 112 Å². The number of aromatic hydroxyl groups is 1. The number of allylic oxidation sites excluding steroid dienone is 2. The number of hydrogen-bond acceptors (Lipinski definition) is 6. The Morgan fingerprint density at radius 3 is 2.30 bits per heavy atom. The first-order valence-corrected chi connectivity index (χ1v) is 13.1. The Morgan fingerprint density at radius 2 is 1.76 bits per heavy atom. The molecule has 1 aromatic carbocycles. The number of ketones is 3. The molecule has 198 valence electrons. The van der Waals surface area contributed by atoms with Gasteiger partial charge in [0.2, 0.25) is 11.6 Å². The van der Waals surface area contributed by atoms with E-state index in [4.69, 9.17) is 0 Å². The molecular formula is C31H38O6. The molecule has 0 bridgehead atoms. The van der Waals surface area contributed by atoms with Crippen molar-refractivity contribution >= 4 is 29.2 Å². The van der Waals surface area contributed by atoms with E-state index in [1.165, 1.54) is 13.0 Å². The van der Waals surface area contributed by atoms with Crippen LogP contribution in [0.4, 0.5) is 0 Å². The average molecular weight is 507 g/mol. The highest BCUT2D eigenvalue weighted by Crippen LogP contribution is 2.65. The van der Waals surface area contributed by atoms with E-state index in [2.05, 4.69) is 0 Å². The molecule has 1 fully saturated rings. The smallest absolute Gasteiger partial charge is 0.206 e. The molecule has 0 spiro atoms. The van der Waals surface area contributed by atoms with Crippen molar-refractivity contribution in [2.45, 2.75) is 80.3 Å². The Labute approximate surface area is 218 Å². The summed E-state index contributed by atoms with van der Waals surface area (Å²) in [5.41, 5.74) is -1.33. The maximum Gasteiger partial charge on any atom is 0.206 e. The molecule has 0 aliphatic heterocycles. The van der Waals surface area contributed by atoms with Crippen LogP contribution in [0.3, 0.4) is 0 Å². The number of aliphatic hydroxyl groups excluding tert-OH is 1. The van der Waals surface area contributed by atoms with Gasteiger partial charge in [0.05, 0.1) is 11.1 Å². The van der Waals surface area contributed by atoms with Crippen molar-refractivity contribution < 1.29 is 29.7 Å². The predicted octanol–water partition coefficient (Wildman–Crippen LogP) is 5.51. The van der Waals surface area contributed by atoms with Gasteiger partial charge in [0, 0.05) is 16.4 Å². The molecule has 0 aromatic heterocycles. The molecule has 37 heavy (non-hydrogen) atoms. The first-order chi connectivity index (χ1) is 17.1. The monoisotopic (exact) mass is 506 g/mol. The second-order valence-electron chi connectivity index (χ2n) is 12.1. The second kappa shape index (κ2) is 8.52. The summed E-state index contributed by atoms with van der Waals surface area (Å²) in [6.45, 7) is 14.7. The normalized spacial score (nSPS) is 31.9. The van der Waals surface area contributed by atoms with Crippen molar-refractivity contribution in [2.24, 2.45) is 22.7 Å². The molecule has 6 heteroatoms. The SMILES string of the molecule is CC/C(C)=C/c1ccc(O)c2c1C[C@@]1(C)C[C@@]3(C)[C@H](C(C)C)C(C)=C(C(C)=O)C(=O)[C@@]3(O)C(=O)C1=C2O. The molecule has 0 radical (unpaired) electrons. The Hall–Kier alpha value is -2.99. The lowest BCUT2D eigenvalue weighted by Crippen LogP contribution is -2.70. The fourth-order valence-corrected chi connectivity index (χ4v) is 7.77. The zero-order chi connectivity index (χ0) is 27.8. The molecule has 3 aliphatic carbocycles. The Bertz CT molecular complexity index is 1340. The van der Waals surface area contributed by atoms with Gasteiger partial charge in [0.1, 0.15) is 11.5 Å². The number of phenols is 1. The lowest BCUT2D eigenvalue weighted by atomic mass is 9.42. The van der Waals surface area contributed by atoms with E-state index in [0.717, 1.165) is 23.1 Å². The lowest BCUT2D eigenvalue weighted by Gasteiger charge is -2.60. The largest absolute Gasteiger partial charge is 0.507 e. The average Bonchev–Trinajstić information content (AvgIpc) is 2.77. The molecule has 0 heterocycles. The quantitative estimate of drug-likeness (QED) is 0.367. The number of benzene rings is 1. The van der Waals surface area contributed by atoms with Crippen molar-refractivity contribution in [1.29, 1.82) is 0 Å². The summed E-state index contributed by atoms with van der Waals surface area (Å²) in [6, 6.07) is 3.30. The zero-order valence-electron chi connectivity index (χ0n) is 23.1. The number of fused-ring (bicyclic) bond motifs is 3. The highest BCUT2D eigenvalue weighted by atomic mass is 16.3. The van der Waals surface area contributed by atoms with Gasteiger partial charge in [-0.05, 0) is 69.1 Å². The summed E-state index contributed by atoms with van der Waals surface area (Å²) in [7, 11) is 0. The number of carbonyl (C=O) groups is 3. The van der Waals surface area contributed by atoms with Gasteiger partial charge in [-0.15, -0.1) is 0 Å². The van der Waals surface area contributed by atoms with E-state index in [1.54, 1.807) is 13.8 Å².